The summed E-state index contributed by atoms with van der Waals surface area (Å²) in [6, 6.07) is 0.849. The number of hydrogen-bond donors (Lipinski definition) is 2. The van der Waals surface area contributed by atoms with Gasteiger partial charge >= 0.3 is 6.09 Å². The van der Waals surface area contributed by atoms with Crippen LogP contribution in [0, 0.1) is 5.92 Å². The molecule has 5 nitrogen and oxygen atoms in total. The number of alkyl carbamates (subject to hydrolysis) is 1. The molecule has 134 valence electrons. The first-order chi connectivity index (χ1) is 10.9. The van der Waals surface area contributed by atoms with E-state index in [1.807, 2.05) is 20.8 Å². The van der Waals surface area contributed by atoms with Crippen molar-refractivity contribution in [2.45, 2.75) is 83.4 Å². The topological polar surface area (TPSA) is 59.6 Å². The zero-order valence-corrected chi connectivity index (χ0v) is 15.0. The van der Waals surface area contributed by atoms with Crippen molar-refractivity contribution < 1.29 is 14.3 Å². The fraction of sp³-hybridized carbons (Fsp3) is 0.944. The third-order valence-electron chi connectivity index (χ3n) is 4.76. The van der Waals surface area contributed by atoms with Gasteiger partial charge in [-0.2, -0.15) is 0 Å². The van der Waals surface area contributed by atoms with Crippen LogP contribution in [0.1, 0.15) is 65.7 Å². The minimum Gasteiger partial charge on any atom is -0.444 e. The largest absolute Gasteiger partial charge is 0.444 e. The summed E-state index contributed by atoms with van der Waals surface area (Å²) in [4.78, 5) is 12.0. The lowest BCUT2D eigenvalue weighted by molar-refractivity contribution is 0.0498. The van der Waals surface area contributed by atoms with Crippen molar-refractivity contribution in [3.05, 3.63) is 0 Å². The molecule has 2 rings (SSSR count). The highest BCUT2D eigenvalue weighted by molar-refractivity contribution is 5.67. The molecule has 1 aliphatic carbocycles. The minimum absolute atomic E-state index is 0.313. The van der Waals surface area contributed by atoms with Gasteiger partial charge in [0.15, 0.2) is 0 Å². The monoisotopic (exact) mass is 326 g/mol. The van der Waals surface area contributed by atoms with Crippen LogP contribution in [0.3, 0.4) is 0 Å². The first kappa shape index (κ1) is 18.5. The molecule has 0 aromatic heterocycles. The molecule has 0 spiro atoms. The van der Waals surface area contributed by atoms with Crippen molar-refractivity contribution in [2.24, 2.45) is 5.92 Å². The predicted molar refractivity (Wildman–Crippen MR) is 91.6 cm³/mol. The summed E-state index contributed by atoms with van der Waals surface area (Å²) < 4.78 is 10.8. The molecule has 2 aliphatic rings. The molecule has 2 N–H and O–H groups in total. The summed E-state index contributed by atoms with van der Waals surface area (Å²) in [5, 5.41) is 6.76. The Bertz CT molecular complexity index is 356. The number of ether oxygens (including phenoxy) is 2. The summed E-state index contributed by atoms with van der Waals surface area (Å²) in [7, 11) is 0. The van der Waals surface area contributed by atoms with Crippen LogP contribution in [0.4, 0.5) is 4.79 Å². The van der Waals surface area contributed by atoms with Crippen molar-refractivity contribution in [1.82, 2.24) is 10.6 Å². The zero-order chi connectivity index (χ0) is 16.7. The molecule has 1 aliphatic heterocycles. The summed E-state index contributed by atoms with van der Waals surface area (Å²) in [5.74, 6) is 0.654. The summed E-state index contributed by atoms with van der Waals surface area (Å²) in [6.07, 6.45) is 8.30. The molecule has 5 heteroatoms. The van der Waals surface area contributed by atoms with Gasteiger partial charge in [0.2, 0.25) is 0 Å². The van der Waals surface area contributed by atoms with Crippen LogP contribution in [0.2, 0.25) is 0 Å². The molecule has 0 aromatic carbocycles. The van der Waals surface area contributed by atoms with Gasteiger partial charge < -0.3 is 20.1 Å². The number of carbonyl (C=O) groups is 1. The van der Waals surface area contributed by atoms with Crippen LogP contribution in [0.5, 0.6) is 0 Å². The first-order valence-electron chi connectivity index (χ1n) is 9.25. The van der Waals surface area contributed by atoms with Crippen molar-refractivity contribution in [2.75, 3.05) is 19.8 Å². The van der Waals surface area contributed by atoms with Gasteiger partial charge in [0.25, 0.3) is 0 Å². The van der Waals surface area contributed by atoms with E-state index in [2.05, 4.69) is 10.6 Å². The number of rotatable bonds is 5. The molecule has 1 unspecified atom stereocenters. The molecule has 1 heterocycles. The average molecular weight is 326 g/mol. The van der Waals surface area contributed by atoms with E-state index in [1.165, 1.54) is 32.1 Å². The van der Waals surface area contributed by atoms with Gasteiger partial charge in [-0.15, -0.1) is 0 Å². The highest BCUT2D eigenvalue weighted by Gasteiger charge is 2.27. The van der Waals surface area contributed by atoms with Gasteiger partial charge in [-0.25, -0.2) is 4.79 Å². The fourth-order valence-electron chi connectivity index (χ4n) is 3.57. The molecule has 0 bridgehead atoms. The van der Waals surface area contributed by atoms with E-state index in [1.54, 1.807) is 0 Å². The summed E-state index contributed by atoms with van der Waals surface area (Å²) in [5.41, 5.74) is -0.446. The zero-order valence-electron chi connectivity index (χ0n) is 15.0. The Morgan fingerprint density at radius 3 is 2.39 bits per heavy atom. The van der Waals surface area contributed by atoms with Crippen LogP contribution >= 0.6 is 0 Å². The Morgan fingerprint density at radius 2 is 1.78 bits per heavy atom. The molecule has 1 saturated heterocycles. The van der Waals surface area contributed by atoms with E-state index in [0.717, 1.165) is 26.1 Å². The Labute approximate surface area is 140 Å². The van der Waals surface area contributed by atoms with Crippen molar-refractivity contribution >= 4 is 6.09 Å². The molecule has 0 aromatic rings. The van der Waals surface area contributed by atoms with Crippen LogP contribution < -0.4 is 10.6 Å². The van der Waals surface area contributed by atoms with E-state index in [9.17, 15) is 4.79 Å². The average Bonchev–Trinajstić information content (AvgIpc) is 2.51. The molecular weight excluding hydrogens is 292 g/mol. The number of hydrogen-bond acceptors (Lipinski definition) is 4. The van der Waals surface area contributed by atoms with Crippen LogP contribution in [-0.2, 0) is 9.47 Å². The highest BCUT2D eigenvalue weighted by atomic mass is 16.6. The van der Waals surface area contributed by atoms with Crippen molar-refractivity contribution in [1.29, 1.82) is 0 Å². The molecule has 1 atom stereocenters. The summed E-state index contributed by atoms with van der Waals surface area (Å²) >= 11 is 0. The van der Waals surface area contributed by atoms with Gasteiger partial charge in [-0.1, -0.05) is 19.3 Å². The quantitative estimate of drug-likeness (QED) is 0.814. The molecule has 1 saturated carbocycles. The minimum atomic E-state index is -0.446. The number of nitrogens with one attached hydrogen (secondary N) is 2. The predicted octanol–water partition coefficient (Wildman–Crippen LogP) is 3.23. The summed E-state index contributed by atoms with van der Waals surface area (Å²) in [6.45, 7) is 8.02. The van der Waals surface area contributed by atoms with Gasteiger partial charge in [0, 0.05) is 31.8 Å². The molecule has 2 fully saturated rings. The van der Waals surface area contributed by atoms with Gasteiger partial charge in [0.1, 0.15) is 5.60 Å². The van der Waals surface area contributed by atoms with E-state index < -0.39 is 5.60 Å². The first-order valence-corrected chi connectivity index (χ1v) is 9.25. The Morgan fingerprint density at radius 1 is 1.13 bits per heavy atom. The standard InChI is InChI=1S/C18H34N2O3/c1-18(2,3)23-17(21)19-13-16(14-7-5-4-6-8-14)20-15-9-11-22-12-10-15/h14-16,20H,4-13H2,1-3H3,(H,19,21). The Kier molecular flexibility index (Phi) is 7.15. The molecule has 0 radical (unpaired) electrons. The van der Waals surface area contributed by atoms with Crippen molar-refractivity contribution in [3.63, 3.8) is 0 Å². The SMILES string of the molecule is CC(C)(C)OC(=O)NCC(NC1CCOCC1)C1CCCCC1. The fourth-order valence-corrected chi connectivity index (χ4v) is 3.57. The smallest absolute Gasteiger partial charge is 0.407 e. The van der Waals surface area contributed by atoms with Crippen LogP contribution in [0.15, 0.2) is 0 Å². The van der Waals surface area contributed by atoms with E-state index in [-0.39, 0.29) is 6.09 Å². The van der Waals surface area contributed by atoms with Gasteiger partial charge in [-0.3, -0.25) is 0 Å². The molecule has 1 amide bonds. The lowest BCUT2D eigenvalue weighted by atomic mass is 9.83. The maximum Gasteiger partial charge on any atom is 0.407 e. The van der Waals surface area contributed by atoms with E-state index >= 15 is 0 Å². The normalized spacial score (nSPS) is 22.6. The van der Waals surface area contributed by atoms with Crippen LogP contribution in [0.25, 0.3) is 0 Å². The Balaban J connectivity index is 1.85. The number of amides is 1. The van der Waals surface area contributed by atoms with E-state index in [4.69, 9.17) is 9.47 Å². The van der Waals surface area contributed by atoms with Crippen LogP contribution in [-0.4, -0.2) is 43.5 Å². The molecular formula is C18H34N2O3. The second kappa shape index (κ2) is 8.88. The van der Waals surface area contributed by atoms with E-state index in [0.29, 0.717) is 24.5 Å². The van der Waals surface area contributed by atoms with Gasteiger partial charge in [-0.05, 0) is 52.4 Å². The second-order valence-corrected chi connectivity index (χ2v) is 7.94. The highest BCUT2D eigenvalue weighted by Crippen LogP contribution is 2.27. The second-order valence-electron chi connectivity index (χ2n) is 7.94. The van der Waals surface area contributed by atoms with Crippen molar-refractivity contribution in [3.8, 4) is 0 Å². The number of carbonyl (C=O) groups excluding carboxylic acids is 1. The lowest BCUT2D eigenvalue weighted by Crippen LogP contribution is -2.51. The lowest BCUT2D eigenvalue weighted by Gasteiger charge is -2.35. The molecule has 23 heavy (non-hydrogen) atoms. The van der Waals surface area contributed by atoms with Gasteiger partial charge in [0.05, 0.1) is 0 Å². The maximum absolute atomic E-state index is 12.0. The third-order valence-corrected chi connectivity index (χ3v) is 4.76. The third kappa shape index (κ3) is 7.08. The maximum atomic E-state index is 12.0. The Hall–Kier alpha value is -0.810.